The molecule has 2 heterocycles. The van der Waals surface area contributed by atoms with Gasteiger partial charge in [0.1, 0.15) is 5.82 Å². The van der Waals surface area contributed by atoms with E-state index in [2.05, 4.69) is 29.0 Å². The molecule has 2 aromatic heterocycles. The SMILES string of the molecule is CCN(CC)CCCNC(=O)c1ccc2c(c1)sc1nc(-c3cc(C)ccc3F)cn12. The second-order valence-electron chi connectivity index (χ2n) is 7.68. The van der Waals surface area contributed by atoms with Crippen LogP contribution >= 0.6 is 11.3 Å². The number of fused-ring (bicyclic) bond motifs is 3. The predicted molar refractivity (Wildman–Crippen MR) is 125 cm³/mol. The topological polar surface area (TPSA) is 49.6 Å². The number of amides is 1. The van der Waals surface area contributed by atoms with Crippen molar-refractivity contribution in [2.75, 3.05) is 26.2 Å². The van der Waals surface area contributed by atoms with Crippen LogP contribution in [-0.2, 0) is 0 Å². The van der Waals surface area contributed by atoms with Gasteiger partial charge in [0.05, 0.1) is 15.9 Å². The Morgan fingerprint density at radius 1 is 1.19 bits per heavy atom. The number of aromatic nitrogens is 2. The molecule has 4 aromatic rings. The maximum Gasteiger partial charge on any atom is 0.251 e. The van der Waals surface area contributed by atoms with Crippen LogP contribution in [-0.4, -0.2) is 46.4 Å². The van der Waals surface area contributed by atoms with Crippen molar-refractivity contribution in [3.63, 3.8) is 0 Å². The summed E-state index contributed by atoms with van der Waals surface area (Å²) >= 11 is 1.50. The maximum absolute atomic E-state index is 14.3. The van der Waals surface area contributed by atoms with Crippen molar-refractivity contribution in [1.29, 1.82) is 0 Å². The number of benzene rings is 2. The molecule has 31 heavy (non-hydrogen) atoms. The zero-order chi connectivity index (χ0) is 22.0. The van der Waals surface area contributed by atoms with Gasteiger partial charge in [-0.2, -0.15) is 0 Å². The minimum Gasteiger partial charge on any atom is -0.352 e. The van der Waals surface area contributed by atoms with Gasteiger partial charge in [-0.3, -0.25) is 9.20 Å². The van der Waals surface area contributed by atoms with E-state index < -0.39 is 0 Å². The van der Waals surface area contributed by atoms with Crippen LogP contribution in [0.25, 0.3) is 26.4 Å². The number of nitrogens with zero attached hydrogens (tertiary/aromatic N) is 3. The smallest absolute Gasteiger partial charge is 0.251 e. The van der Waals surface area contributed by atoms with E-state index >= 15 is 0 Å². The number of hydrogen-bond donors (Lipinski definition) is 1. The van der Waals surface area contributed by atoms with Crippen LogP contribution in [0.3, 0.4) is 0 Å². The van der Waals surface area contributed by atoms with E-state index in [1.807, 2.05) is 41.8 Å². The number of nitrogens with one attached hydrogen (secondary N) is 1. The summed E-state index contributed by atoms with van der Waals surface area (Å²) in [4.78, 5) is 20.3. The number of aryl methyl sites for hydroxylation is 1. The monoisotopic (exact) mass is 438 g/mol. The van der Waals surface area contributed by atoms with Gasteiger partial charge >= 0.3 is 0 Å². The normalized spacial score (nSPS) is 11.6. The van der Waals surface area contributed by atoms with E-state index in [9.17, 15) is 9.18 Å². The van der Waals surface area contributed by atoms with E-state index in [4.69, 9.17) is 0 Å². The molecule has 0 aliphatic heterocycles. The zero-order valence-electron chi connectivity index (χ0n) is 18.1. The Hall–Kier alpha value is -2.77. The number of imidazole rings is 1. The molecule has 0 radical (unpaired) electrons. The molecule has 0 fully saturated rings. The van der Waals surface area contributed by atoms with Crippen LogP contribution in [0.5, 0.6) is 0 Å². The highest BCUT2D eigenvalue weighted by Gasteiger charge is 2.15. The van der Waals surface area contributed by atoms with Crippen LogP contribution in [0, 0.1) is 12.7 Å². The van der Waals surface area contributed by atoms with Crippen LogP contribution in [0.2, 0.25) is 0 Å². The summed E-state index contributed by atoms with van der Waals surface area (Å²) in [5, 5.41) is 3.01. The molecule has 2 aromatic carbocycles. The Bertz CT molecular complexity index is 1230. The van der Waals surface area contributed by atoms with Gasteiger partial charge in [-0.25, -0.2) is 9.37 Å². The van der Waals surface area contributed by atoms with Crippen LogP contribution in [0.15, 0.2) is 42.6 Å². The van der Waals surface area contributed by atoms with Crippen LogP contribution in [0.4, 0.5) is 4.39 Å². The number of hydrogen-bond acceptors (Lipinski definition) is 4. The average Bonchev–Trinajstić information content (AvgIpc) is 3.32. The second kappa shape index (κ2) is 9.16. The second-order valence-corrected chi connectivity index (χ2v) is 8.69. The van der Waals surface area contributed by atoms with Gasteiger partial charge in [-0.15, -0.1) is 0 Å². The Morgan fingerprint density at radius 3 is 2.77 bits per heavy atom. The molecule has 0 aliphatic rings. The number of halogens is 1. The largest absolute Gasteiger partial charge is 0.352 e. The Balaban J connectivity index is 1.51. The van der Waals surface area contributed by atoms with Gasteiger partial charge in [0.15, 0.2) is 4.96 Å². The molecule has 1 amide bonds. The van der Waals surface area contributed by atoms with Crippen molar-refractivity contribution in [2.24, 2.45) is 0 Å². The van der Waals surface area contributed by atoms with E-state index in [1.54, 1.807) is 6.07 Å². The molecule has 0 unspecified atom stereocenters. The third kappa shape index (κ3) is 4.48. The van der Waals surface area contributed by atoms with Crippen molar-refractivity contribution >= 4 is 32.4 Å². The van der Waals surface area contributed by atoms with E-state index in [1.165, 1.54) is 17.4 Å². The quantitative estimate of drug-likeness (QED) is 0.388. The summed E-state index contributed by atoms with van der Waals surface area (Å²) in [6.45, 7) is 9.93. The van der Waals surface area contributed by atoms with E-state index in [0.29, 0.717) is 23.4 Å². The fraction of sp³-hybridized carbons (Fsp3) is 0.333. The predicted octanol–water partition coefficient (Wildman–Crippen LogP) is 5.13. The van der Waals surface area contributed by atoms with Crippen LogP contribution in [0.1, 0.15) is 36.2 Å². The van der Waals surface area contributed by atoms with Gasteiger partial charge < -0.3 is 10.2 Å². The molecular weight excluding hydrogens is 411 g/mol. The van der Waals surface area contributed by atoms with Gasteiger partial charge in [-0.05, 0) is 63.3 Å². The lowest BCUT2D eigenvalue weighted by Gasteiger charge is -2.17. The molecule has 0 aliphatic carbocycles. The van der Waals surface area contributed by atoms with Crippen molar-refractivity contribution in [3.8, 4) is 11.3 Å². The van der Waals surface area contributed by atoms with Crippen molar-refractivity contribution in [3.05, 3.63) is 59.5 Å². The lowest BCUT2D eigenvalue weighted by atomic mass is 10.1. The molecule has 0 atom stereocenters. The third-order valence-corrected chi connectivity index (χ3v) is 6.60. The summed E-state index contributed by atoms with van der Waals surface area (Å²) in [5.41, 5.74) is 3.72. The lowest BCUT2D eigenvalue weighted by Crippen LogP contribution is -2.29. The van der Waals surface area contributed by atoms with E-state index in [0.717, 1.165) is 46.8 Å². The van der Waals surface area contributed by atoms with Crippen molar-refractivity contribution in [2.45, 2.75) is 27.2 Å². The summed E-state index contributed by atoms with van der Waals surface area (Å²) in [6, 6.07) is 10.7. The van der Waals surface area contributed by atoms with Crippen molar-refractivity contribution in [1.82, 2.24) is 19.6 Å². The molecule has 7 heteroatoms. The summed E-state index contributed by atoms with van der Waals surface area (Å²) in [6.07, 6.45) is 2.79. The molecule has 4 rings (SSSR count). The van der Waals surface area contributed by atoms with Gasteiger partial charge in [0.25, 0.3) is 5.91 Å². The number of thiazole rings is 1. The average molecular weight is 439 g/mol. The highest BCUT2D eigenvalue weighted by Crippen LogP contribution is 2.31. The van der Waals surface area contributed by atoms with Gasteiger partial charge in [0, 0.05) is 23.9 Å². The highest BCUT2D eigenvalue weighted by atomic mass is 32.1. The molecule has 0 bridgehead atoms. The highest BCUT2D eigenvalue weighted by molar-refractivity contribution is 7.23. The summed E-state index contributed by atoms with van der Waals surface area (Å²) in [7, 11) is 0. The molecule has 1 N–H and O–H groups in total. The summed E-state index contributed by atoms with van der Waals surface area (Å²) in [5.74, 6) is -0.337. The Morgan fingerprint density at radius 2 is 2.00 bits per heavy atom. The Labute approximate surface area is 185 Å². The zero-order valence-corrected chi connectivity index (χ0v) is 18.9. The first-order valence-electron chi connectivity index (χ1n) is 10.7. The van der Waals surface area contributed by atoms with Crippen molar-refractivity contribution < 1.29 is 9.18 Å². The molecule has 162 valence electrons. The lowest BCUT2D eigenvalue weighted by molar-refractivity contribution is 0.0952. The molecule has 0 saturated heterocycles. The molecule has 5 nitrogen and oxygen atoms in total. The third-order valence-electron chi connectivity index (χ3n) is 5.59. The van der Waals surface area contributed by atoms with Gasteiger partial charge in [0.2, 0.25) is 0 Å². The maximum atomic E-state index is 14.3. The van der Waals surface area contributed by atoms with Crippen LogP contribution < -0.4 is 5.32 Å². The number of rotatable bonds is 8. The Kier molecular flexibility index (Phi) is 6.34. The fourth-order valence-corrected chi connectivity index (χ4v) is 4.80. The standard InChI is InChI=1S/C24H27FN4OS/c1-4-28(5-2)12-6-11-26-23(30)17-8-10-21-22(14-17)31-24-27-20(15-29(21)24)18-13-16(3)7-9-19(18)25/h7-10,13-15H,4-6,11-12H2,1-3H3,(H,26,30). The minimum absolute atomic E-state index is 0.0602. The first-order valence-corrected chi connectivity index (χ1v) is 11.5. The molecule has 0 spiro atoms. The van der Waals surface area contributed by atoms with Gasteiger partial charge in [-0.1, -0.05) is 36.8 Å². The first kappa shape index (κ1) is 21.5. The number of carbonyl (C=O) groups excluding carboxylic acids is 1. The fourth-order valence-electron chi connectivity index (χ4n) is 3.75. The first-order chi connectivity index (χ1) is 15.0. The van der Waals surface area contributed by atoms with E-state index in [-0.39, 0.29) is 11.7 Å². The summed E-state index contributed by atoms with van der Waals surface area (Å²) < 4.78 is 17.2. The molecule has 0 saturated carbocycles. The molecular formula is C24H27FN4OS. The number of carbonyl (C=O) groups is 1. The minimum atomic E-state index is -0.277.